The number of nitrogens with one attached hydrogen (secondary N) is 1. The van der Waals surface area contributed by atoms with Gasteiger partial charge in [0.1, 0.15) is 0 Å². The van der Waals surface area contributed by atoms with Crippen LogP contribution in [0, 0.1) is 11.8 Å². The van der Waals surface area contributed by atoms with Crippen LogP contribution >= 0.6 is 0 Å². The molecule has 2 fully saturated rings. The van der Waals surface area contributed by atoms with Gasteiger partial charge in [-0.1, -0.05) is 12.8 Å². The summed E-state index contributed by atoms with van der Waals surface area (Å²) < 4.78 is 78.1. The maximum Gasteiger partial charge on any atom is 0.418 e. The molecule has 0 spiro atoms. The third-order valence-electron chi connectivity index (χ3n) is 6.13. The van der Waals surface area contributed by atoms with Crippen molar-refractivity contribution in [2.75, 3.05) is 18.4 Å². The highest BCUT2D eigenvalue weighted by atomic mass is 19.4. The Bertz CT molecular complexity index is 855. The standard InChI is InChI=1S/C21H25F6N3O2/c22-20(23,24)13-5-6-17(15(10-13)21(25,26)27)29-18(31)9-12-7-8-30(11-12)19(32)14-3-1-2-4-16(14)28/h5-6,10,12,14,16H,1-4,7-9,11,28H2,(H,29,31)/t12?,14-,16+/m1/s1. The molecule has 0 bridgehead atoms. The van der Waals surface area contributed by atoms with E-state index in [1.807, 2.05) is 0 Å². The van der Waals surface area contributed by atoms with Crippen molar-refractivity contribution in [3.63, 3.8) is 0 Å². The second-order valence-electron chi connectivity index (χ2n) is 8.50. The Kier molecular flexibility index (Phi) is 7.06. The van der Waals surface area contributed by atoms with E-state index in [1.165, 1.54) is 0 Å². The fourth-order valence-corrected chi connectivity index (χ4v) is 4.43. The molecule has 3 N–H and O–H groups in total. The molecule has 2 aliphatic rings. The molecule has 0 radical (unpaired) electrons. The highest BCUT2D eigenvalue weighted by Crippen LogP contribution is 2.39. The number of nitrogens with zero attached hydrogens (tertiary/aromatic N) is 1. The van der Waals surface area contributed by atoms with Crippen LogP contribution in [0.1, 0.15) is 49.7 Å². The van der Waals surface area contributed by atoms with E-state index >= 15 is 0 Å². The first-order valence-corrected chi connectivity index (χ1v) is 10.5. The van der Waals surface area contributed by atoms with Crippen LogP contribution in [0.2, 0.25) is 0 Å². The van der Waals surface area contributed by atoms with Crippen molar-refractivity contribution in [1.29, 1.82) is 0 Å². The Morgan fingerprint density at radius 1 is 1.03 bits per heavy atom. The molecule has 1 aliphatic heterocycles. The second kappa shape index (κ2) is 9.29. The zero-order valence-electron chi connectivity index (χ0n) is 17.2. The minimum absolute atomic E-state index is 0.0149. The van der Waals surface area contributed by atoms with E-state index in [4.69, 9.17) is 5.73 Å². The molecule has 5 nitrogen and oxygen atoms in total. The average molecular weight is 465 g/mol. The Balaban J connectivity index is 1.62. The quantitative estimate of drug-likeness (QED) is 0.647. The lowest BCUT2D eigenvalue weighted by Gasteiger charge is -2.31. The molecular formula is C21H25F6N3O2. The third kappa shape index (κ3) is 5.73. The highest BCUT2D eigenvalue weighted by molar-refractivity contribution is 5.92. The predicted molar refractivity (Wildman–Crippen MR) is 104 cm³/mol. The van der Waals surface area contributed by atoms with Gasteiger partial charge in [-0.3, -0.25) is 9.59 Å². The zero-order valence-corrected chi connectivity index (χ0v) is 17.2. The van der Waals surface area contributed by atoms with Gasteiger partial charge in [0.05, 0.1) is 22.7 Å². The van der Waals surface area contributed by atoms with Crippen LogP contribution in [-0.4, -0.2) is 35.8 Å². The summed E-state index contributed by atoms with van der Waals surface area (Å²) in [7, 11) is 0. The number of hydrogen-bond donors (Lipinski definition) is 2. The molecule has 1 aromatic carbocycles. The van der Waals surface area contributed by atoms with Crippen LogP contribution in [0.3, 0.4) is 0 Å². The number of halogens is 6. The van der Waals surface area contributed by atoms with Gasteiger partial charge >= 0.3 is 12.4 Å². The maximum absolute atomic E-state index is 13.2. The number of benzene rings is 1. The van der Waals surface area contributed by atoms with E-state index in [2.05, 4.69) is 5.32 Å². The van der Waals surface area contributed by atoms with Gasteiger partial charge in [0.15, 0.2) is 0 Å². The molecule has 3 rings (SSSR count). The first-order chi connectivity index (χ1) is 14.9. The smallest absolute Gasteiger partial charge is 0.342 e. The van der Waals surface area contributed by atoms with Crippen molar-refractivity contribution in [3.8, 4) is 0 Å². The van der Waals surface area contributed by atoms with Crippen molar-refractivity contribution < 1.29 is 35.9 Å². The van der Waals surface area contributed by atoms with E-state index in [-0.39, 0.29) is 36.3 Å². The molecular weight excluding hydrogens is 440 g/mol. The molecule has 0 aromatic heterocycles. The summed E-state index contributed by atoms with van der Waals surface area (Å²) in [5.74, 6) is -1.30. The van der Waals surface area contributed by atoms with Crippen molar-refractivity contribution in [2.24, 2.45) is 17.6 Å². The number of likely N-dealkylation sites (tertiary alicyclic amines) is 1. The lowest BCUT2D eigenvalue weighted by molar-refractivity contribution is -0.142. The largest absolute Gasteiger partial charge is 0.418 e. The number of carbonyl (C=O) groups is 2. The van der Waals surface area contributed by atoms with Gasteiger partial charge in [-0.05, 0) is 43.4 Å². The van der Waals surface area contributed by atoms with Gasteiger partial charge in [-0.15, -0.1) is 0 Å². The molecule has 1 unspecified atom stereocenters. The molecule has 1 aliphatic carbocycles. The van der Waals surface area contributed by atoms with Gasteiger partial charge in [0, 0.05) is 25.6 Å². The number of rotatable bonds is 4. The Labute approximate surface area is 181 Å². The number of anilines is 1. The normalized spacial score (nSPS) is 24.5. The fraction of sp³-hybridized carbons (Fsp3) is 0.619. The summed E-state index contributed by atoms with van der Waals surface area (Å²) >= 11 is 0. The van der Waals surface area contributed by atoms with Crippen LogP contribution in [0.25, 0.3) is 0 Å². The zero-order chi connectivity index (χ0) is 23.7. The number of carbonyl (C=O) groups excluding carboxylic acids is 2. The average Bonchev–Trinajstić information content (AvgIpc) is 3.14. The number of alkyl halides is 6. The summed E-state index contributed by atoms with van der Waals surface area (Å²) in [5, 5.41) is 2.09. The van der Waals surface area contributed by atoms with E-state index in [9.17, 15) is 35.9 Å². The summed E-state index contributed by atoms with van der Waals surface area (Å²) in [6.45, 7) is 0.739. The van der Waals surface area contributed by atoms with E-state index in [0.29, 0.717) is 31.6 Å². The molecule has 3 atom stereocenters. The van der Waals surface area contributed by atoms with Crippen LogP contribution < -0.4 is 11.1 Å². The molecule has 11 heteroatoms. The lowest BCUT2D eigenvalue weighted by atomic mass is 9.84. The molecule has 178 valence electrons. The van der Waals surface area contributed by atoms with E-state index < -0.39 is 35.1 Å². The molecule has 1 aromatic rings. The van der Waals surface area contributed by atoms with Gasteiger partial charge in [-0.25, -0.2) is 0 Å². The van der Waals surface area contributed by atoms with Crippen LogP contribution in [-0.2, 0) is 21.9 Å². The van der Waals surface area contributed by atoms with Crippen LogP contribution in [0.5, 0.6) is 0 Å². The van der Waals surface area contributed by atoms with Gasteiger partial charge in [0.2, 0.25) is 11.8 Å². The van der Waals surface area contributed by atoms with E-state index in [0.717, 1.165) is 25.7 Å². The Hall–Kier alpha value is -2.30. The number of hydrogen-bond acceptors (Lipinski definition) is 3. The summed E-state index contributed by atoms with van der Waals surface area (Å²) in [6, 6.07) is 0.894. The fourth-order valence-electron chi connectivity index (χ4n) is 4.43. The van der Waals surface area contributed by atoms with Crippen molar-refractivity contribution in [1.82, 2.24) is 4.90 Å². The summed E-state index contributed by atoms with van der Waals surface area (Å²) in [4.78, 5) is 26.7. The molecule has 2 amide bonds. The van der Waals surface area contributed by atoms with Crippen LogP contribution in [0.15, 0.2) is 18.2 Å². The summed E-state index contributed by atoms with van der Waals surface area (Å²) in [6.07, 6.45) is -6.22. The molecule has 1 saturated heterocycles. The highest BCUT2D eigenvalue weighted by Gasteiger charge is 2.39. The maximum atomic E-state index is 13.2. The SMILES string of the molecule is N[C@H]1CCCC[C@H]1C(=O)N1CCC(CC(=O)Nc2ccc(C(F)(F)F)cc2C(F)(F)F)C1. The Morgan fingerprint density at radius 3 is 2.34 bits per heavy atom. The van der Waals surface area contributed by atoms with E-state index in [1.54, 1.807) is 4.90 Å². The number of nitrogens with two attached hydrogens (primary N) is 1. The van der Waals surface area contributed by atoms with Gasteiger partial charge < -0.3 is 16.0 Å². The Morgan fingerprint density at radius 2 is 1.72 bits per heavy atom. The molecule has 32 heavy (non-hydrogen) atoms. The molecule has 1 heterocycles. The summed E-state index contributed by atoms with van der Waals surface area (Å²) in [5.41, 5.74) is 2.32. The lowest BCUT2D eigenvalue weighted by Crippen LogP contribution is -2.45. The topological polar surface area (TPSA) is 75.4 Å². The first-order valence-electron chi connectivity index (χ1n) is 10.5. The predicted octanol–water partition coefficient (Wildman–Crippen LogP) is 4.42. The van der Waals surface area contributed by atoms with Crippen molar-refractivity contribution in [2.45, 2.75) is 56.9 Å². The van der Waals surface area contributed by atoms with Gasteiger partial charge in [0.25, 0.3) is 0 Å². The minimum Gasteiger partial charge on any atom is -0.342 e. The first kappa shape index (κ1) is 24.3. The minimum atomic E-state index is -5.07. The molecule has 1 saturated carbocycles. The van der Waals surface area contributed by atoms with Crippen molar-refractivity contribution >= 4 is 17.5 Å². The third-order valence-corrected chi connectivity index (χ3v) is 6.13. The monoisotopic (exact) mass is 465 g/mol. The van der Waals surface area contributed by atoms with Crippen LogP contribution in [0.4, 0.5) is 32.0 Å². The van der Waals surface area contributed by atoms with Crippen molar-refractivity contribution in [3.05, 3.63) is 29.3 Å². The number of amides is 2. The second-order valence-corrected chi connectivity index (χ2v) is 8.50. The van der Waals surface area contributed by atoms with Gasteiger partial charge in [-0.2, -0.15) is 26.3 Å².